The standard InChI is InChI=1S/C60H72N11O23P3/c1-5-63-50-21-19-40(26-38(50)3)57(49-27-39(4)51(64-6-2)30-52(49)75)48-29-47(20-18-43(48)33-72)87-23-11-16-44(73)15-10-22-65-58(76)41-13-9-17-46(28-41)89-36-55(68-70-62)88-25-24-86-34-45(74)14-8-7-12-42-32-71(60(78)67-59(42)77)56-31-53(90-37-66-69-61)54(92-56)35-91-96(82,83)94-97(84,85)93-95(79,80)81/h9,13,17-21,26-30,32-33,53-56,63-64H,5-6,8,10-11,14-16,22-25,31,34-37H2,1-4H3,(H,65,76)(H,82,83)(H,84,85)(H,67,77,78)(H2,79,80,81). The second-order valence-electron chi connectivity index (χ2n) is 21.1. The summed E-state index contributed by atoms with van der Waals surface area (Å²) < 4.78 is 81.9. The molecule has 8 N–H and O–H groups in total. The van der Waals surface area contributed by atoms with E-state index in [9.17, 15) is 57.0 Å². The van der Waals surface area contributed by atoms with Crippen LogP contribution in [0.2, 0.25) is 0 Å². The number of Topliss-reactive ketones (excluding diaryl/α,β-unsaturated/α-hetero) is 2. The summed E-state index contributed by atoms with van der Waals surface area (Å²) in [5, 5.41) is 16.2. The second kappa shape index (κ2) is 37.7. The van der Waals surface area contributed by atoms with Gasteiger partial charge in [-0.3, -0.25) is 42.8 Å². The Kier molecular flexibility index (Phi) is 30.1. The summed E-state index contributed by atoms with van der Waals surface area (Å²) in [6.45, 7) is 7.10. The first-order valence-electron chi connectivity index (χ1n) is 29.9. The van der Waals surface area contributed by atoms with Crippen LogP contribution >= 0.6 is 23.5 Å². The Labute approximate surface area is 554 Å². The first kappa shape index (κ1) is 77.3. The molecule has 6 unspecified atom stereocenters. The number of carbonyl (C=O) groups is 5. The third-order valence-electron chi connectivity index (χ3n) is 14.0. The number of hydrogen-bond donors (Lipinski definition) is 8. The van der Waals surface area contributed by atoms with Crippen LogP contribution in [0.1, 0.15) is 115 Å². The molecule has 0 saturated carbocycles. The van der Waals surface area contributed by atoms with Crippen LogP contribution in [0.4, 0.5) is 5.69 Å². The molecule has 3 aromatic carbocycles. The lowest BCUT2D eigenvalue weighted by Gasteiger charge is -2.21. The molecule has 0 radical (unpaired) electrons. The van der Waals surface area contributed by atoms with Crippen molar-refractivity contribution in [2.24, 2.45) is 10.2 Å². The quantitative estimate of drug-likeness (QED) is 0.00311. The highest BCUT2D eigenvalue weighted by Crippen LogP contribution is 2.66. The van der Waals surface area contributed by atoms with Gasteiger partial charge in [-0.1, -0.05) is 34.2 Å². The first-order chi connectivity index (χ1) is 46.3. The zero-order chi connectivity index (χ0) is 70.7. The van der Waals surface area contributed by atoms with Crippen LogP contribution in [0.15, 0.2) is 116 Å². The van der Waals surface area contributed by atoms with Gasteiger partial charge in [-0.25, -0.2) is 18.5 Å². The predicted molar refractivity (Wildman–Crippen MR) is 346 cm³/mol. The van der Waals surface area contributed by atoms with Crippen molar-refractivity contribution in [3.8, 4) is 23.3 Å². The Morgan fingerprint density at radius 3 is 2.35 bits per heavy atom. The molecule has 1 aliphatic heterocycles. The van der Waals surface area contributed by atoms with E-state index < -0.39 is 84.4 Å². The minimum atomic E-state index is -5.86. The van der Waals surface area contributed by atoms with Crippen molar-refractivity contribution in [1.82, 2.24) is 20.2 Å². The smallest absolute Gasteiger partial charge is 0.490 e. The second-order valence-corrected chi connectivity index (χ2v) is 25.6. The Balaban J connectivity index is 0.896. The SMILES string of the molecule is CCNC1=CC(=O)C(=C(c2ccc(NCC)c(C)c2)c2cc(OCCCC(=O)CCCNC(=O)c3cccc(OCC(N=[N+]=[N-])OCCOCC(=O)CCC#Cc4cn(C5CC(OCN=[N+]=[N-])C(COP(=O)(O)OP(=O)(O)OP(=O)(O)O)O5)c(=O)[nH]c4=O)c3)ccc2C=O)C=C1C. The normalized spacial score (nSPS) is 17.2. The molecule has 1 fully saturated rings. The van der Waals surface area contributed by atoms with Gasteiger partial charge in [-0.15, -0.1) is 0 Å². The maximum atomic E-state index is 13.8. The Hall–Kier alpha value is -8.66. The highest BCUT2D eigenvalue weighted by atomic mass is 31.3. The number of anilines is 1. The highest BCUT2D eigenvalue weighted by molar-refractivity contribution is 7.66. The number of aryl methyl sites for hydroxylation is 1. The third-order valence-corrected chi connectivity index (χ3v) is 17.8. The number of aromatic amines is 1. The molecular formula is C60H72N11O23P3. The van der Waals surface area contributed by atoms with E-state index in [0.717, 1.165) is 51.7 Å². The van der Waals surface area contributed by atoms with Crippen LogP contribution in [0.3, 0.4) is 0 Å². The van der Waals surface area contributed by atoms with Gasteiger partial charge < -0.3 is 63.9 Å². The Morgan fingerprint density at radius 1 is 0.866 bits per heavy atom. The van der Waals surface area contributed by atoms with Gasteiger partial charge in [0.25, 0.3) is 11.5 Å². The number of likely N-dealkylation sites (N-methyl/N-ethyl adjacent to an activating group) is 1. The number of aldehydes is 1. The largest absolute Gasteiger partial charge is 0.494 e. The van der Waals surface area contributed by atoms with E-state index in [-0.39, 0.29) is 100 Å². The average Bonchev–Trinajstić information content (AvgIpc) is 1.07. The van der Waals surface area contributed by atoms with Crippen molar-refractivity contribution in [3.05, 3.63) is 171 Å². The number of carbonyl (C=O) groups excluding carboxylic acids is 5. The molecule has 6 atom stereocenters. The molecule has 0 bridgehead atoms. The first-order valence-corrected chi connectivity index (χ1v) is 34.5. The summed E-state index contributed by atoms with van der Waals surface area (Å²) in [7, 11) is -17.2. The molecule has 6 rings (SSSR count). The number of allylic oxidation sites excluding steroid dienone is 4. The number of ketones is 3. The van der Waals surface area contributed by atoms with E-state index in [1.54, 1.807) is 42.5 Å². The molecule has 2 aliphatic rings. The number of phosphoric acid groups is 3. The summed E-state index contributed by atoms with van der Waals surface area (Å²) in [5.41, 5.74) is 22.0. The molecule has 37 heteroatoms. The summed E-state index contributed by atoms with van der Waals surface area (Å²) in [5.74, 6) is 4.83. The lowest BCUT2D eigenvalue weighted by Crippen LogP contribution is -2.33. The van der Waals surface area contributed by atoms with Gasteiger partial charge in [0.1, 0.15) is 55.1 Å². The number of nitrogens with one attached hydrogen (secondary N) is 4. The van der Waals surface area contributed by atoms with E-state index in [1.807, 2.05) is 57.0 Å². The number of benzene rings is 3. The molecule has 97 heavy (non-hydrogen) atoms. The summed E-state index contributed by atoms with van der Waals surface area (Å²) in [6, 6.07) is 17.1. The van der Waals surface area contributed by atoms with Gasteiger partial charge in [0.2, 0.25) is 0 Å². The number of nitrogens with zero attached hydrogens (tertiary/aromatic N) is 7. The van der Waals surface area contributed by atoms with Crippen molar-refractivity contribution in [1.29, 1.82) is 0 Å². The molecule has 520 valence electrons. The molecule has 4 aromatic rings. The molecular weight excluding hydrogens is 1340 g/mol. The minimum absolute atomic E-state index is 0.0298. The maximum Gasteiger partial charge on any atom is 0.490 e. The van der Waals surface area contributed by atoms with Crippen molar-refractivity contribution in [2.45, 2.75) is 97.3 Å². The molecule has 0 spiro atoms. The monoisotopic (exact) mass is 1410 g/mol. The van der Waals surface area contributed by atoms with Gasteiger partial charge in [-0.05, 0) is 128 Å². The van der Waals surface area contributed by atoms with Crippen LogP contribution in [0.5, 0.6) is 11.5 Å². The van der Waals surface area contributed by atoms with Gasteiger partial charge in [0.15, 0.2) is 24.1 Å². The zero-order valence-corrected chi connectivity index (χ0v) is 55.6. The number of ether oxygens (including phenoxy) is 6. The Morgan fingerprint density at radius 2 is 1.63 bits per heavy atom. The third kappa shape index (κ3) is 25.1. The molecule has 1 aliphatic carbocycles. The van der Waals surface area contributed by atoms with Crippen LogP contribution in [0.25, 0.3) is 26.5 Å². The van der Waals surface area contributed by atoms with E-state index >= 15 is 0 Å². The summed E-state index contributed by atoms with van der Waals surface area (Å²) in [4.78, 5) is 135. The van der Waals surface area contributed by atoms with E-state index in [1.165, 1.54) is 6.07 Å². The van der Waals surface area contributed by atoms with Gasteiger partial charge >= 0.3 is 29.2 Å². The van der Waals surface area contributed by atoms with Crippen LogP contribution < -0.4 is 36.7 Å². The average molecular weight is 1410 g/mol. The van der Waals surface area contributed by atoms with Crippen molar-refractivity contribution in [3.63, 3.8) is 0 Å². The fourth-order valence-electron chi connectivity index (χ4n) is 9.59. The minimum Gasteiger partial charge on any atom is -0.494 e. The van der Waals surface area contributed by atoms with Crippen molar-refractivity contribution < 1.29 is 98.8 Å². The molecule has 34 nitrogen and oxygen atoms in total. The number of aromatic nitrogens is 2. The van der Waals surface area contributed by atoms with E-state index in [4.69, 9.17) is 49.3 Å². The fraction of sp³-hybridized carbons (Fsp3) is 0.417. The van der Waals surface area contributed by atoms with Gasteiger partial charge in [-0.2, -0.15) is 8.62 Å². The summed E-state index contributed by atoms with van der Waals surface area (Å²) in [6.07, 6.45) is 0.828. The van der Waals surface area contributed by atoms with Crippen LogP contribution in [-0.4, -0.2) is 143 Å². The van der Waals surface area contributed by atoms with Crippen LogP contribution in [-0.2, 0) is 60.2 Å². The van der Waals surface area contributed by atoms with Gasteiger partial charge in [0, 0.05) is 107 Å². The summed E-state index contributed by atoms with van der Waals surface area (Å²) >= 11 is 0. The van der Waals surface area contributed by atoms with Crippen LogP contribution in [0, 0.1) is 18.8 Å². The zero-order valence-electron chi connectivity index (χ0n) is 52.9. The lowest BCUT2D eigenvalue weighted by atomic mass is 9.85. The van der Waals surface area contributed by atoms with Crippen molar-refractivity contribution >= 4 is 64.3 Å². The predicted octanol–water partition coefficient (Wildman–Crippen LogP) is 7.59. The van der Waals surface area contributed by atoms with Crippen molar-refractivity contribution in [2.75, 3.05) is 71.3 Å². The lowest BCUT2D eigenvalue weighted by molar-refractivity contribution is -0.124. The number of hydrogen-bond acceptors (Lipinski definition) is 23. The maximum absolute atomic E-state index is 13.8. The topological polar surface area (TPSA) is 489 Å². The molecule has 2 heterocycles. The molecule has 1 aromatic heterocycles. The number of H-pyrrole nitrogens is 1. The number of rotatable bonds is 40. The van der Waals surface area contributed by atoms with E-state index in [2.05, 4.69) is 61.0 Å². The fourth-order valence-corrected chi connectivity index (χ4v) is 12.6. The van der Waals surface area contributed by atoms with Gasteiger partial charge in [0.05, 0.1) is 32.5 Å². The molecule has 1 amide bonds. The Bertz CT molecular complexity index is 4070. The molecule has 1 saturated heterocycles. The highest BCUT2D eigenvalue weighted by Gasteiger charge is 2.44. The number of amides is 1. The van der Waals surface area contributed by atoms with E-state index in [0.29, 0.717) is 47.4 Å². The number of azide groups is 2. The number of phosphoric ester groups is 1.